The number of ether oxygens (including phenoxy) is 2. The lowest BCUT2D eigenvalue weighted by atomic mass is 10.2. The van der Waals surface area contributed by atoms with Crippen LogP contribution in [0.25, 0.3) is 23.2 Å². The zero-order valence-electron chi connectivity index (χ0n) is 20.5. The topological polar surface area (TPSA) is 73.7 Å². The van der Waals surface area contributed by atoms with Crippen molar-refractivity contribution in [2.75, 3.05) is 11.9 Å². The maximum absolute atomic E-state index is 13.0. The van der Waals surface area contributed by atoms with Crippen molar-refractivity contribution in [3.63, 3.8) is 0 Å². The van der Waals surface area contributed by atoms with E-state index >= 15 is 0 Å². The molecule has 0 atom stereocenters. The highest BCUT2D eigenvalue weighted by Gasteiger charge is 2.23. The van der Waals surface area contributed by atoms with Gasteiger partial charge in [-0.05, 0) is 83.5 Å². The van der Waals surface area contributed by atoms with Crippen LogP contribution < -0.4 is 4.90 Å². The second-order valence-electron chi connectivity index (χ2n) is 9.88. The molecule has 1 aromatic heterocycles. The molecule has 1 amide bonds. The molecule has 0 radical (unpaired) electrons. The van der Waals surface area contributed by atoms with Gasteiger partial charge < -0.3 is 9.47 Å². The molecule has 0 aliphatic rings. The van der Waals surface area contributed by atoms with E-state index in [4.69, 9.17) is 9.47 Å². The Bertz CT molecular complexity index is 1230. The molecule has 180 valence electrons. The highest BCUT2D eigenvalue weighted by atomic mass is 79.9. The largest absolute Gasteiger partial charge is 0.443 e. The average molecular weight is 528 g/mol. The van der Waals surface area contributed by atoms with Crippen LogP contribution in [0.3, 0.4) is 0 Å². The van der Waals surface area contributed by atoms with Crippen molar-refractivity contribution in [3.8, 4) is 0 Å². The molecule has 0 spiro atoms. The third kappa shape index (κ3) is 6.47. The van der Waals surface area contributed by atoms with E-state index in [-0.39, 0.29) is 0 Å². The summed E-state index contributed by atoms with van der Waals surface area (Å²) in [6.45, 7) is 11.0. The van der Waals surface area contributed by atoms with Crippen LogP contribution in [0, 0.1) is 0 Å². The fourth-order valence-corrected chi connectivity index (χ4v) is 3.44. The third-order valence-electron chi connectivity index (χ3n) is 4.59. The lowest BCUT2D eigenvalue weighted by Gasteiger charge is -2.24. The summed E-state index contributed by atoms with van der Waals surface area (Å²) in [5.41, 5.74) is 1.71. The molecule has 34 heavy (non-hydrogen) atoms. The van der Waals surface area contributed by atoms with Gasteiger partial charge in [0.05, 0.1) is 11.0 Å². The first-order valence-electron chi connectivity index (χ1n) is 10.9. The second-order valence-corrected chi connectivity index (χ2v) is 10.8. The summed E-state index contributed by atoms with van der Waals surface area (Å²) >= 11 is 3.46. The number of anilines is 1. The minimum atomic E-state index is -0.642. The highest BCUT2D eigenvalue weighted by molar-refractivity contribution is 9.10. The van der Waals surface area contributed by atoms with E-state index < -0.39 is 23.4 Å². The molecule has 0 aliphatic carbocycles. The number of fused-ring (bicyclic) bond motifs is 1. The summed E-state index contributed by atoms with van der Waals surface area (Å²) in [5.74, 6) is 0.456. The fraction of sp³-hybridized carbons (Fsp3) is 0.346. The number of amides is 1. The van der Waals surface area contributed by atoms with E-state index in [9.17, 15) is 9.59 Å². The van der Waals surface area contributed by atoms with Gasteiger partial charge in [-0.1, -0.05) is 34.1 Å². The van der Waals surface area contributed by atoms with Crippen molar-refractivity contribution in [2.24, 2.45) is 0 Å². The Morgan fingerprint density at radius 1 is 0.941 bits per heavy atom. The van der Waals surface area contributed by atoms with Gasteiger partial charge in [0.1, 0.15) is 17.0 Å². The number of hydrogen-bond acceptors (Lipinski definition) is 5. The molecule has 0 bridgehead atoms. The molecule has 0 saturated heterocycles. The van der Waals surface area contributed by atoms with E-state index in [1.165, 1.54) is 9.47 Å². The van der Waals surface area contributed by atoms with Crippen molar-refractivity contribution < 1.29 is 19.1 Å². The van der Waals surface area contributed by atoms with E-state index in [0.717, 1.165) is 10.0 Å². The van der Waals surface area contributed by atoms with Crippen molar-refractivity contribution in [2.45, 2.75) is 52.7 Å². The average Bonchev–Trinajstić information content (AvgIpc) is 3.07. The number of carbonyl (C=O) groups is 2. The summed E-state index contributed by atoms with van der Waals surface area (Å²) in [6, 6.07) is 13.0. The van der Waals surface area contributed by atoms with Crippen LogP contribution in [0.5, 0.6) is 0 Å². The van der Waals surface area contributed by atoms with Gasteiger partial charge in [0.15, 0.2) is 0 Å². The number of halogens is 1. The van der Waals surface area contributed by atoms with Crippen LogP contribution in [0.2, 0.25) is 0 Å². The molecule has 0 unspecified atom stereocenters. The van der Waals surface area contributed by atoms with Gasteiger partial charge in [0.2, 0.25) is 0 Å². The smallest absolute Gasteiger partial charge is 0.420 e. The molecule has 0 fully saturated rings. The predicted molar refractivity (Wildman–Crippen MR) is 139 cm³/mol. The number of hydrogen-bond donors (Lipinski definition) is 0. The number of rotatable bonds is 3. The molecule has 3 rings (SSSR count). The van der Waals surface area contributed by atoms with Crippen molar-refractivity contribution >= 4 is 57.0 Å². The monoisotopic (exact) mass is 527 g/mol. The SMILES string of the molecule is CN(C(=O)OC(C)(C)C)c1ccc(/C=C/c2nc3ccc(Br)cc3n2C(=O)OC(C)(C)C)cc1. The van der Waals surface area contributed by atoms with E-state index in [1.54, 1.807) is 13.1 Å². The second kappa shape index (κ2) is 9.62. The standard InChI is InChI=1S/C26H30BrN3O4/c1-25(2,3)33-23(31)29(7)19-12-8-17(9-13-19)10-15-22-28-20-14-11-18(27)16-21(20)30(22)24(32)34-26(4,5)6/h8-16H,1-7H3/b15-10+. The molecule has 8 heteroatoms. The summed E-state index contributed by atoms with van der Waals surface area (Å²) < 4.78 is 13.3. The van der Waals surface area contributed by atoms with Crippen molar-refractivity contribution in [3.05, 3.63) is 58.3 Å². The van der Waals surface area contributed by atoms with Gasteiger partial charge >= 0.3 is 12.2 Å². The number of imidazole rings is 1. The Balaban J connectivity index is 1.88. The molecular weight excluding hydrogens is 498 g/mol. The lowest BCUT2D eigenvalue weighted by molar-refractivity contribution is 0.0540. The maximum Gasteiger partial charge on any atom is 0.420 e. The Labute approximate surface area is 208 Å². The Hall–Kier alpha value is -3.13. The molecule has 0 aliphatic heterocycles. The van der Waals surface area contributed by atoms with Crippen molar-refractivity contribution in [1.29, 1.82) is 0 Å². The van der Waals surface area contributed by atoms with E-state index in [1.807, 2.05) is 90.1 Å². The highest BCUT2D eigenvalue weighted by Crippen LogP contribution is 2.24. The van der Waals surface area contributed by atoms with Gasteiger partial charge in [-0.3, -0.25) is 4.90 Å². The van der Waals surface area contributed by atoms with Gasteiger partial charge in [0, 0.05) is 17.2 Å². The lowest BCUT2D eigenvalue weighted by Crippen LogP contribution is -2.34. The molecule has 0 saturated carbocycles. The predicted octanol–water partition coefficient (Wildman–Crippen LogP) is 7.12. The van der Waals surface area contributed by atoms with Crippen LogP contribution in [-0.4, -0.2) is 40.0 Å². The molecule has 7 nitrogen and oxygen atoms in total. The maximum atomic E-state index is 13.0. The molecule has 1 heterocycles. The van der Waals surface area contributed by atoms with Crippen molar-refractivity contribution in [1.82, 2.24) is 9.55 Å². The first-order valence-corrected chi connectivity index (χ1v) is 11.7. The molecular formula is C26H30BrN3O4. The Morgan fingerprint density at radius 3 is 2.15 bits per heavy atom. The van der Waals surface area contributed by atoms with Crippen LogP contribution in [0.1, 0.15) is 52.9 Å². The minimum Gasteiger partial charge on any atom is -0.443 e. The summed E-state index contributed by atoms with van der Waals surface area (Å²) in [5, 5.41) is 0. The zero-order chi connectivity index (χ0) is 25.3. The summed E-state index contributed by atoms with van der Waals surface area (Å²) in [7, 11) is 1.67. The van der Waals surface area contributed by atoms with Crippen LogP contribution in [0.4, 0.5) is 15.3 Å². The first kappa shape index (κ1) is 25.5. The van der Waals surface area contributed by atoms with Crippen LogP contribution in [-0.2, 0) is 9.47 Å². The number of benzene rings is 2. The number of carbonyl (C=O) groups excluding carboxylic acids is 2. The zero-order valence-corrected chi connectivity index (χ0v) is 22.1. The summed E-state index contributed by atoms with van der Waals surface area (Å²) in [6.07, 6.45) is 2.70. The first-order chi connectivity index (χ1) is 15.7. The molecule has 0 N–H and O–H groups in total. The van der Waals surface area contributed by atoms with Gasteiger partial charge in [-0.15, -0.1) is 0 Å². The van der Waals surface area contributed by atoms with Gasteiger partial charge in [0.25, 0.3) is 0 Å². The third-order valence-corrected chi connectivity index (χ3v) is 5.08. The normalized spacial score (nSPS) is 12.2. The molecule has 2 aromatic carbocycles. The summed E-state index contributed by atoms with van der Waals surface area (Å²) in [4.78, 5) is 31.3. The fourth-order valence-electron chi connectivity index (χ4n) is 3.09. The van der Waals surface area contributed by atoms with E-state index in [0.29, 0.717) is 22.5 Å². The van der Waals surface area contributed by atoms with E-state index in [2.05, 4.69) is 20.9 Å². The minimum absolute atomic E-state index is 0.423. The van der Waals surface area contributed by atoms with Crippen LogP contribution in [0.15, 0.2) is 46.9 Å². The Morgan fingerprint density at radius 2 is 1.56 bits per heavy atom. The number of aromatic nitrogens is 2. The molecule has 3 aromatic rings. The van der Waals surface area contributed by atoms with Gasteiger partial charge in [-0.2, -0.15) is 0 Å². The quantitative estimate of drug-likeness (QED) is 0.362. The number of nitrogens with zero attached hydrogens (tertiary/aromatic N) is 3. The van der Waals surface area contributed by atoms with Crippen LogP contribution >= 0.6 is 15.9 Å². The Kier molecular flexibility index (Phi) is 7.21. The van der Waals surface area contributed by atoms with Gasteiger partial charge in [-0.25, -0.2) is 19.1 Å².